The van der Waals surface area contributed by atoms with E-state index < -0.39 is 0 Å². The summed E-state index contributed by atoms with van der Waals surface area (Å²) in [5, 5.41) is 0. The maximum atomic E-state index is 5.64. The van der Waals surface area contributed by atoms with Crippen LogP contribution in [0.4, 0.5) is 0 Å². The lowest BCUT2D eigenvalue weighted by Crippen LogP contribution is -2.36. The molecule has 0 atom stereocenters. The second kappa shape index (κ2) is 9.51. The Morgan fingerprint density at radius 1 is 0.885 bits per heavy atom. The molecule has 2 saturated heterocycles. The summed E-state index contributed by atoms with van der Waals surface area (Å²) in [5.41, 5.74) is 1.37. The second-order valence-corrected chi connectivity index (χ2v) is 7.63. The van der Waals surface area contributed by atoms with E-state index in [1.165, 1.54) is 18.4 Å². The number of allylic oxidation sites excluding steroid dienone is 1. The molecule has 0 radical (unpaired) electrons. The molecule has 2 aliphatic heterocycles. The lowest BCUT2D eigenvalue weighted by Gasteiger charge is -2.35. The predicted octanol–water partition coefficient (Wildman–Crippen LogP) is 3.65. The fourth-order valence-corrected chi connectivity index (χ4v) is 4.33. The molecule has 0 amide bonds. The molecule has 0 aromatic heterocycles. The van der Waals surface area contributed by atoms with Crippen molar-refractivity contribution in [3.8, 4) is 0 Å². The average Bonchev–Trinajstić information content (AvgIpc) is 3.31. The Labute approximate surface area is 158 Å². The molecule has 4 aliphatic rings. The molecule has 2 saturated carbocycles. The van der Waals surface area contributed by atoms with Gasteiger partial charge in [0.2, 0.25) is 0 Å². The van der Waals surface area contributed by atoms with E-state index in [1.54, 1.807) is 14.2 Å². The lowest BCUT2D eigenvalue weighted by molar-refractivity contribution is -0.184. The highest BCUT2D eigenvalue weighted by Gasteiger charge is 2.40. The maximum Gasteiger partial charge on any atom is 0.169 e. The van der Waals surface area contributed by atoms with Crippen molar-refractivity contribution in [2.24, 2.45) is 5.92 Å². The molecule has 6 nitrogen and oxygen atoms in total. The SMILES string of the molecule is COC=C1CCC2(CC1)OCCO2.COCC1CCC2(CC1)OCCO2.[HH]. The Morgan fingerprint density at radius 2 is 1.38 bits per heavy atom. The van der Waals surface area contributed by atoms with E-state index in [0.717, 1.165) is 71.6 Å². The van der Waals surface area contributed by atoms with Crippen LogP contribution >= 0.6 is 0 Å². The van der Waals surface area contributed by atoms with Gasteiger partial charge in [0, 0.05) is 40.8 Å². The standard InChI is InChI=1S/C10H18O3.C10H16O3.H2/c2*1-11-8-9-2-4-10(5-3-9)12-6-7-13-10;/h9H,2-8H2,1H3;8H,2-7H2,1H3;1H. The first-order chi connectivity index (χ1) is 12.7. The van der Waals surface area contributed by atoms with Crippen LogP contribution in [-0.4, -0.2) is 58.8 Å². The third-order valence-corrected chi connectivity index (χ3v) is 5.84. The largest absolute Gasteiger partial charge is 0.504 e. The summed E-state index contributed by atoms with van der Waals surface area (Å²) >= 11 is 0. The van der Waals surface area contributed by atoms with Crippen LogP contribution in [0, 0.1) is 5.92 Å². The van der Waals surface area contributed by atoms with Crippen LogP contribution in [0.5, 0.6) is 0 Å². The molecule has 26 heavy (non-hydrogen) atoms. The first-order valence-electron chi connectivity index (χ1n) is 9.95. The zero-order chi connectivity index (χ0) is 18.3. The molecule has 2 aliphatic carbocycles. The molecule has 0 aromatic carbocycles. The third kappa shape index (κ3) is 5.20. The van der Waals surface area contributed by atoms with E-state index in [0.29, 0.717) is 5.92 Å². The van der Waals surface area contributed by atoms with Gasteiger partial charge in [0.25, 0.3) is 0 Å². The van der Waals surface area contributed by atoms with Gasteiger partial charge in [-0.3, -0.25) is 0 Å². The molecule has 6 heteroatoms. The van der Waals surface area contributed by atoms with Crippen molar-refractivity contribution >= 4 is 0 Å². The Kier molecular flexibility index (Phi) is 7.35. The zero-order valence-corrected chi connectivity index (χ0v) is 16.3. The van der Waals surface area contributed by atoms with Crippen LogP contribution in [0.2, 0.25) is 0 Å². The summed E-state index contributed by atoms with van der Waals surface area (Å²) in [7, 11) is 3.47. The molecule has 0 bridgehead atoms. The van der Waals surface area contributed by atoms with Gasteiger partial charge in [-0.15, -0.1) is 0 Å². The van der Waals surface area contributed by atoms with E-state index in [-0.39, 0.29) is 13.0 Å². The predicted molar refractivity (Wildman–Crippen MR) is 98.8 cm³/mol. The minimum atomic E-state index is -0.245. The van der Waals surface area contributed by atoms with E-state index in [1.807, 2.05) is 6.26 Å². The minimum absolute atomic E-state index is 0. The normalized spacial score (nSPS) is 29.5. The minimum Gasteiger partial charge on any atom is -0.504 e. The molecule has 4 fully saturated rings. The van der Waals surface area contributed by atoms with E-state index in [4.69, 9.17) is 28.4 Å². The van der Waals surface area contributed by atoms with Crippen LogP contribution in [0.1, 0.15) is 52.8 Å². The van der Waals surface area contributed by atoms with E-state index in [9.17, 15) is 0 Å². The van der Waals surface area contributed by atoms with Gasteiger partial charge in [-0.1, -0.05) is 0 Å². The van der Waals surface area contributed by atoms with Crippen LogP contribution in [-0.2, 0) is 28.4 Å². The summed E-state index contributed by atoms with van der Waals surface area (Å²) in [4.78, 5) is 0. The van der Waals surface area contributed by atoms with Gasteiger partial charge in [-0.25, -0.2) is 0 Å². The number of hydrogen-bond donors (Lipinski definition) is 0. The number of methoxy groups -OCH3 is 2. The van der Waals surface area contributed by atoms with Gasteiger partial charge in [-0.05, 0) is 37.2 Å². The van der Waals surface area contributed by atoms with Gasteiger partial charge >= 0.3 is 0 Å². The fourth-order valence-electron chi connectivity index (χ4n) is 4.33. The van der Waals surface area contributed by atoms with Crippen molar-refractivity contribution in [3.63, 3.8) is 0 Å². The van der Waals surface area contributed by atoms with E-state index in [2.05, 4.69) is 0 Å². The molecular formula is C20H36O6. The van der Waals surface area contributed by atoms with Crippen molar-refractivity contribution in [1.82, 2.24) is 0 Å². The van der Waals surface area contributed by atoms with Crippen LogP contribution in [0.15, 0.2) is 11.8 Å². The number of rotatable bonds is 3. The molecular weight excluding hydrogens is 336 g/mol. The fraction of sp³-hybridized carbons (Fsp3) is 0.900. The highest BCUT2D eigenvalue weighted by molar-refractivity contribution is 5.04. The maximum absolute atomic E-state index is 5.64. The van der Waals surface area contributed by atoms with Gasteiger partial charge < -0.3 is 28.4 Å². The second-order valence-electron chi connectivity index (χ2n) is 7.63. The molecule has 2 spiro atoms. The van der Waals surface area contributed by atoms with Crippen LogP contribution < -0.4 is 0 Å². The van der Waals surface area contributed by atoms with Gasteiger partial charge in [0.15, 0.2) is 11.6 Å². The van der Waals surface area contributed by atoms with Gasteiger partial charge in [-0.2, -0.15) is 0 Å². The Bertz CT molecular complexity index is 435. The highest BCUT2D eigenvalue weighted by atomic mass is 16.7. The Balaban J connectivity index is 0.000000187. The summed E-state index contributed by atoms with van der Waals surface area (Å²) in [6.07, 6.45) is 10.3. The van der Waals surface area contributed by atoms with Crippen LogP contribution in [0.25, 0.3) is 0 Å². The Hall–Kier alpha value is -0.660. The molecule has 0 aromatic rings. The molecule has 152 valence electrons. The summed E-state index contributed by atoms with van der Waals surface area (Å²) in [6, 6.07) is 0. The number of hydrogen-bond acceptors (Lipinski definition) is 6. The number of ether oxygens (including phenoxy) is 6. The topological polar surface area (TPSA) is 55.4 Å². The highest BCUT2D eigenvalue weighted by Crippen LogP contribution is 2.38. The lowest BCUT2D eigenvalue weighted by atomic mass is 9.85. The smallest absolute Gasteiger partial charge is 0.169 e. The first kappa shape index (κ1) is 20.1. The molecule has 4 rings (SSSR count). The quantitative estimate of drug-likeness (QED) is 0.705. The third-order valence-electron chi connectivity index (χ3n) is 5.84. The first-order valence-corrected chi connectivity index (χ1v) is 9.95. The van der Waals surface area contributed by atoms with Crippen molar-refractivity contribution in [1.29, 1.82) is 0 Å². The van der Waals surface area contributed by atoms with Crippen molar-refractivity contribution in [2.75, 3.05) is 47.3 Å². The van der Waals surface area contributed by atoms with Crippen molar-refractivity contribution in [3.05, 3.63) is 11.8 Å². The average molecular weight is 373 g/mol. The summed E-state index contributed by atoms with van der Waals surface area (Å²) < 4.78 is 32.7. The van der Waals surface area contributed by atoms with Crippen LogP contribution in [0.3, 0.4) is 0 Å². The Morgan fingerprint density at radius 3 is 1.85 bits per heavy atom. The van der Waals surface area contributed by atoms with Gasteiger partial charge in [0.1, 0.15) is 0 Å². The molecule has 0 unspecified atom stereocenters. The zero-order valence-electron chi connectivity index (χ0n) is 16.3. The summed E-state index contributed by atoms with van der Waals surface area (Å²) in [6.45, 7) is 3.94. The monoisotopic (exact) mass is 372 g/mol. The molecule has 0 N–H and O–H groups in total. The van der Waals surface area contributed by atoms with E-state index >= 15 is 0 Å². The van der Waals surface area contributed by atoms with Crippen molar-refractivity contribution in [2.45, 2.75) is 62.9 Å². The molecule has 2 heterocycles. The van der Waals surface area contributed by atoms with Crippen molar-refractivity contribution < 1.29 is 29.8 Å². The summed E-state index contributed by atoms with van der Waals surface area (Å²) in [5.74, 6) is 0.262. The van der Waals surface area contributed by atoms with Gasteiger partial charge in [0.05, 0.1) is 39.8 Å².